The van der Waals surface area contributed by atoms with Crippen LogP contribution in [0.4, 0.5) is 4.79 Å². The molecule has 1 saturated heterocycles. The van der Waals surface area contributed by atoms with Gasteiger partial charge in [-0.05, 0) is 36.3 Å². The molecule has 0 aromatic heterocycles. The predicted octanol–water partition coefficient (Wildman–Crippen LogP) is 0.911. The summed E-state index contributed by atoms with van der Waals surface area (Å²) in [5.74, 6) is -1.76. The predicted molar refractivity (Wildman–Crippen MR) is 148 cm³/mol. The van der Waals surface area contributed by atoms with E-state index in [0.717, 1.165) is 11.1 Å². The standard InChI is InChI=1S/C29H41N5O6/c1-6-17-14-29(17,26(38)40-7-2)33-24(36)20-13-18(30)15-34(20)27(39)32-23(28(3,4)5)25(37)31-22-19-11-9-8-10-16(19)12-21(22)35/h6,8-11,17-18,20-23,35H,1,7,12-15,30H2,2-5H3,(H,31,37)(H,32,39)(H,33,36). The molecular weight excluding hydrogens is 514 g/mol. The Bertz CT molecular complexity index is 1180. The molecule has 0 bridgehead atoms. The molecule has 40 heavy (non-hydrogen) atoms. The lowest BCUT2D eigenvalue weighted by molar-refractivity contribution is -0.149. The molecule has 0 radical (unpaired) electrons. The number of fused-ring (bicyclic) bond motifs is 1. The highest BCUT2D eigenvalue weighted by Gasteiger charge is 2.62. The SMILES string of the molecule is C=CC1CC1(NC(=O)C1CC(N)CN1C(=O)NC(C(=O)NC1c2ccccc2CC1O)C(C)(C)C)C(=O)OCC. The van der Waals surface area contributed by atoms with Crippen LogP contribution in [-0.2, 0) is 25.5 Å². The average Bonchev–Trinajstić information content (AvgIpc) is 3.32. The fourth-order valence-corrected chi connectivity index (χ4v) is 5.77. The first-order chi connectivity index (χ1) is 18.8. The van der Waals surface area contributed by atoms with E-state index >= 15 is 0 Å². The van der Waals surface area contributed by atoms with Gasteiger partial charge in [0.05, 0.1) is 18.8 Å². The summed E-state index contributed by atoms with van der Waals surface area (Å²) in [7, 11) is 0. The first kappa shape index (κ1) is 29.5. The molecule has 7 unspecified atom stereocenters. The van der Waals surface area contributed by atoms with Gasteiger partial charge >= 0.3 is 12.0 Å². The van der Waals surface area contributed by atoms with Gasteiger partial charge in [-0.2, -0.15) is 0 Å². The van der Waals surface area contributed by atoms with Crippen molar-refractivity contribution in [2.45, 2.75) is 82.8 Å². The molecule has 2 fully saturated rings. The molecule has 4 amide bonds. The summed E-state index contributed by atoms with van der Waals surface area (Å²) in [4.78, 5) is 54.4. The van der Waals surface area contributed by atoms with E-state index in [1.54, 1.807) is 13.0 Å². The van der Waals surface area contributed by atoms with Crippen LogP contribution >= 0.6 is 0 Å². The highest BCUT2D eigenvalue weighted by molar-refractivity contribution is 5.96. The topological polar surface area (TPSA) is 163 Å². The number of benzene rings is 1. The molecule has 1 saturated carbocycles. The van der Waals surface area contributed by atoms with Gasteiger partial charge in [0.1, 0.15) is 17.6 Å². The van der Waals surface area contributed by atoms with Gasteiger partial charge in [0.25, 0.3) is 0 Å². The maximum atomic E-state index is 13.5. The van der Waals surface area contributed by atoms with Crippen molar-refractivity contribution in [3.05, 3.63) is 48.0 Å². The highest BCUT2D eigenvalue weighted by atomic mass is 16.5. The van der Waals surface area contributed by atoms with E-state index in [4.69, 9.17) is 10.5 Å². The zero-order chi connectivity index (χ0) is 29.4. The highest BCUT2D eigenvalue weighted by Crippen LogP contribution is 2.45. The summed E-state index contributed by atoms with van der Waals surface area (Å²) >= 11 is 0. The van der Waals surface area contributed by atoms with Crippen molar-refractivity contribution in [3.8, 4) is 0 Å². The number of rotatable bonds is 8. The van der Waals surface area contributed by atoms with Gasteiger partial charge in [0, 0.05) is 24.9 Å². The van der Waals surface area contributed by atoms with Crippen LogP contribution in [0.2, 0.25) is 0 Å². The largest absolute Gasteiger partial charge is 0.464 e. The van der Waals surface area contributed by atoms with Crippen molar-refractivity contribution in [1.82, 2.24) is 20.9 Å². The van der Waals surface area contributed by atoms with E-state index in [-0.39, 0.29) is 25.5 Å². The number of aliphatic hydroxyl groups is 1. The number of ether oxygens (including phenoxy) is 1. The molecule has 7 atom stereocenters. The minimum atomic E-state index is -1.20. The Morgan fingerprint density at radius 1 is 1.27 bits per heavy atom. The van der Waals surface area contributed by atoms with Crippen molar-refractivity contribution in [3.63, 3.8) is 0 Å². The number of hydrogen-bond acceptors (Lipinski definition) is 7. The second-order valence-corrected chi connectivity index (χ2v) is 12.1. The van der Waals surface area contributed by atoms with Crippen LogP contribution in [0.15, 0.2) is 36.9 Å². The number of urea groups is 1. The number of amides is 4. The quantitative estimate of drug-likeness (QED) is 0.235. The maximum Gasteiger partial charge on any atom is 0.332 e. The Hall–Kier alpha value is -3.44. The number of likely N-dealkylation sites (tertiary alicyclic amines) is 1. The Morgan fingerprint density at radius 2 is 1.98 bits per heavy atom. The number of hydrogen-bond donors (Lipinski definition) is 5. The summed E-state index contributed by atoms with van der Waals surface area (Å²) in [6.45, 7) is 11.2. The van der Waals surface area contributed by atoms with Crippen molar-refractivity contribution in [2.75, 3.05) is 13.2 Å². The molecular formula is C29H41N5O6. The van der Waals surface area contributed by atoms with Crippen LogP contribution in [0, 0.1) is 11.3 Å². The minimum Gasteiger partial charge on any atom is -0.464 e. The van der Waals surface area contributed by atoms with E-state index in [1.165, 1.54) is 4.90 Å². The molecule has 0 spiro atoms. The molecule has 1 aromatic rings. The maximum absolute atomic E-state index is 13.5. The number of nitrogens with two attached hydrogens (primary N) is 1. The van der Waals surface area contributed by atoms with Crippen LogP contribution in [0.25, 0.3) is 0 Å². The Morgan fingerprint density at radius 3 is 2.60 bits per heavy atom. The van der Waals surface area contributed by atoms with E-state index in [0.29, 0.717) is 12.8 Å². The third-order valence-corrected chi connectivity index (χ3v) is 8.08. The Balaban J connectivity index is 1.48. The van der Waals surface area contributed by atoms with Gasteiger partial charge in [-0.1, -0.05) is 51.1 Å². The third-order valence-electron chi connectivity index (χ3n) is 8.08. The fraction of sp³-hybridized carbons (Fsp3) is 0.586. The van der Waals surface area contributed by atoms with Crippen LogP contribution < -0.4 is 21.7 Å². The van der Waals surface area contributed by atoms with Gasteiger partial charge in [0.2, 0.25) is 11.8 Å². The third kappa shape index (κ3) is 5.71. The second-order valence-electron chi connectivity index (χ2n) is 12.1. The zero-order valence-corrected chi connectivity index (χ0v) is 23.6. The molecule has 1 aromatic carbocycles. The summed E-state index contributed by atoms with van der Waals surface area (Å²) in [6, 6.07) is 3.95. The zero-order valence-electron chi connectivity index (χ0n) is 23.6. The van der Waals surface area contributed by atoms with Crippen molar-refractivity contribution in [2.24, 2.45) is 17.1 Å². The minimum absolute atomic E-state index is 0.106. The lowest BCUT2D eigenvalue weighted by Crippen LogP contribution is -2.60. The normalized spacial score (nSPS) is 29.6. The second kappa shape index (κ2) is 11.2. The number of aliphatic hydroxyl groups excluding tert-OH is 1. The molecule has 11 heteroatoms. The van der Waals surface area contributed by atoms with E-state index in [2.05, 4.69) is 22.5 Å². The lowest BCUT2D eigenvalue weighted by atomic mass is 9.86. The van der Waals surface area contributed by atoms with Gasteiger partial charge < -0.3 is 36.4 Å². The van der Waals surface area contributed by atoms with Gasteiger partial charge in [-0.25, -0.2) is 9.59 Å². The lowest BCUT2D eigenvalue weighted by Gasteiger charge is -2.34. The van der Waals surface area contributed by atoms with Crippen molar-refractivity contribution >= 4 is 23.8 Å². The molecule has 1 aliphatic heterocycles. The molecule has 3 aliphatic rings. The van der Waals surface area contributed by atoms with Crippen LogP contribution in [-0.4, -0.2) is 76.7 Å². The molecule has 1 heterocycles. The van der Waals surface area contributed by atoms with Crippen molar-refractivity contribution < 1.29 is 29.0 Å². The number of esters is 1. The molecule has 11 nitrogen and oxygen atoms in total. The van der Waals surface area contributed by atoms with E-state index in [9.17, 15) is 24.3 Å². The fourth-order valence-electron chi connectivity index (χ4n) is 5.77. The summed E-state index contributed by atoms with van der Waals surface area (Å²) in [5, 5.41) is 19.1. The van der Waals surface area contributed by atoms with Crippen LogP contribution in [0.1, 0.15) is 57.7 Å². The van der Waals surface area contributed by atoms with E-state index < -0.39 is 65.0 Å². The number of nitrogens with one attached hydrogen (secondary N) is 3. The van der Waals surface area contributed by atoms with Gasteiger partial charge in [-0.15, -0.1) is 6.58 Å². The first-order valence-electron chi connectivity index (χ1n) is 13.8. The van der Waals surface area contributed by atoms with Gasteiger partial charge in [0.15, 0.2) is 0 Å². The summed E-state index contributed by atoms with van der Waals surface area (Å²) < 4.78 is 5.18. The van der Waals surface area contributed by atoms with Gasteiger partial charge in [-0.3, -0.25) is 9.59 Å². The smallest absolute Gasteiger partial charge is 0.332 e. The van der Waals surface area contributed by atoms with Crippen molar-refractivity contribution in [1.29, 1.82) is 0 Å². The Labute approximate surface area is 234 Å². The first-order valence-corrected chi connectivity index (χ1v) is 13.8. The number of nitrogens with zero attached hydrogens (tertiary/aromatic N) is 1. The van der Waals surface area contributed by atoms with Crippen LogP contribution in [0.3, 0.4) is 0 Å². The summed E-state index contributed by atoms with van der Waals surface area (Å²) in [6.07, 6.45) is 1.82. The molecule has 218 valence electrons. The Kier molecular flexibility index (Phi) is 8.28. The summed E-state index contributed by atoms with van der Waals surface area (Å²) in [5.41, 5.74) is 6.08. The van der Waals surface area contributed by atoms with E-state index in [1.807, 2.05) is 45.0 Å². The monoisotopic (exact) mass is 555 g/mol. The molecule has 6 N–H and O–H groups in total. The van der Waals surface area contributed by atoms with Crippen LogP contribution in [0.5, 0.6) is 0 Å². The average molecular weight is 556 g/mol. The molecule has 2 aliphatic carbocycles. The number of carbonyl (C=O) groups excluding carboxylic acids is 4. The number of carbonyl (C=O) groups is 4. The molecule has 4 rings (SSSR count).